The first-order valence-electron chi connectivity index (χ1n) is 8.09. The van der Waals surface area contributed by atoms with Crippen LogP contribution in [0.1, 0.15) is 10.4 Å². The quantitative estimate of drug-likeness (QED) is 0.226. The predicted molar refractivity (Wildman–Crippen MR) is 111 cm³/mol. The maximum Gasteiger partial charge on any atom is 0.329 e. The summed E-state index contributed by atoms with van der Waals surface area (Å²) in [5, 5.41) is 6.21. The van der Waals surface area contributed by atoms with E-state index < -0.39 is 23.7 Å². The van der Waals surface area contributed by atoms with Gasteiger partial charge < -0.3 is 19.5 Å². The fourth-order valence-electron chi connectivity index (χ4n) is 2.50. The zero-order valence-corrected chi connectivity index (χ0v) is 17.5. The minimum absolute atomic E-state index is 0.0196. The molecule has 1 aromatic carbocycles. The first kappa shape index (κ1) is 20.7. The number of rotatable bonds is 7. The van der Waals surface area contributed by atoms with E-state index in [9.17, 15) is 14.4 Å². The first-order chi connectivity index (χ1) is 13.5. The predicted octanol–water partition coefficient (Wildman–Crippen LogP) is 2.78. The van der Waals surface area contributed by atoms with Crippen molar-refractivity contribution < 1.29 is 28.6 Å². The zero-order chi connectivity index (χ0) is 20.1. The van der Waals surface area contributed by atoms with Crippen LogP contribution in [0, 0.1) is 0 Å². The van der Waals surface area contributed by atoms with Crippen LogP contribution in [-0.4, -0.2) is 49.6 Å². The van der Waals surface area contributed by atoms with Crippen molar-refractivity contribution >= 4 is 52.9 Å². The molecule has 0 saturated carbocycles. The number of Topliss-reactive ketones (excluding diaryl/α,β-unsaturated/α-hetero) is 1. The van der Waals surface area contributed by atoms with E-state index in [0.29, 0.717) is 27.1 Å². The van der Waals surface area contributed by atoms with E-state index in [0.717, 1.165) is 0 Å². The third-order valence-electron chi connectivity index (χ3n) is 3.82. The van der Waals surface area contributed by atoms with E-state index in [2.05, 4.69) is 5.32 Å². The summed E-state index contributed by atoms with van der Waals surface area (Å²) < 4.78 is 15.9. The van der Waals surface area contributed by atoms with Gasteiger partial charge in [-0.2, -0.15) is 11.8 Å². The van der Waals surface area contributed by atoms with E-state index >= 15 is 0 Å². The van der Waals surface area contributed by atoms with Crippen LogP contribution < -0.4 is 14.8 Å². The number of carbonyl (C=O) groups excluding carboxylic acids is 3. The van der Waals surface area contributed by atoms with Gasteiger partial charge in [-0.05, 0) is 35.3 Å². The smallest absolute Gasteiger partial charge is 0.329 e. The monoisotopic (exact) mass is 439 g/mol. The second-order valence-electron chi connectivity index (χ2n) is 5.57. The summed E-state index contributed by atoms with van der Waals surface area (Å²) in [6.45, 7) is 0.0898. The molecule has 1 amide bonds. The summed E-state index contributed by atoms with van der Waals surface area (Å²) in [5.41, 5.74) is 0.281. The first-order valence-corrected chi connectivity index (χ1v) is 11.2. The molecule has 0 bridgehead atoms. The lowest BCUT2D eigenvalue weighted by Crippen LogP contribution is -2.44. The van der Waals surface area contributed by atoms with E-state index in [-0.39, 0.29) is 12.4 Å². The molecule has 1 atom stereocenters. The summed E-state index contributed by atoms with van der Waals surface area (Å²) in [4.78, 5) is 38.1. The highest BCUT2D eigenvalue weighted by atomic mass is 32.2. The summed E-state index contributed by atoms with van der Waals surface area (Å²) in [7, 11) is 1.26. The molecule has 10 heteroatoms. The zero-order valence-electron chi connectivity index (χ0n) is 15.1. The van der Waals surface area contributed by atoms with Gasteiger partial charge in [0.2, 0.25) is 6.79 Å². The highest BCUT2D eigenvalue weighted by molar-refractivity contribution is 8.27. The van der Waals surface area contributed by atoms with Crippen molar-refractivity contribution in [2.24, 2.45) is 0 Å². The minimum Gasteiger partial charge on any atom is -0.467 e. The summed E-state index contributed by atoms with van der Waals surface area (Å²) in [6.07, 6.45) is 1.81. The number of benzene rings is 1. The van der Waals surface area contributed by atoms with E-state index in [1.54, 1.807) is 29.0 Å². The third-order valence-corrected chi connectivity index (χ3v) is 6.62. The second kappa shape index (κ2) is 9.44. The molecule has 2 heterocycles. The lowest BCUT2D eigenvalue weighted by Gasteiger charge is -2.17. The number of carbonyl (C=O) groups is 3. The average Bonchev–Trinajstić information content (AvgIpc) is 3.38. The van der Waals surface area contributed by atoms with Crippen molar-refractivity contribution in [3.8, 4) is 11.5 Å². The van der Waals surface area contributed by atoms with Crippen LogP contribution in [0.15, 0.2) is 38.8 Å². The molecule has 1 N–H and O–H groups in total. The summed E-state index contributed by atoms with van der Waals surface area (Å²) >= 11 is 3.96. The number of nitrogens with one attached hydrogen (secondary N) is 1. The molecular weight excluding hydrogens is 422 g/mol. The number of ether oxygens (including phenoxy) is 3. The van der Waals surface area contributed by atoms with Gasteiger partial charge in [0.15, 0.2) is 17.3 Å². The van der Waals surface area contributed by atoms with Gasteiger partial charge in [0.05, 0.1) is 11.3 Å². The van der Waals surface area contributed by atoms with Crippen molar-refractivity contribution in [2.45, 2.75) is 6.04 Å². The lowest BCUT2D eigenvalue weighted by molar-refractivity contribution is -0.143. The molecule has 3 rings (SSSR count). The molecule has 7 nitrogen and oxygen atoms in total. The Balaban J connectivity index is 1.89. The van der Waals surface area contributed by atoms with Gasteiger partial charge in [-0.15, -0.1) is 0 Å². The number of hydrogen-bond donors (Lipinski definition) is 1. The van der Waals surface area contributed by atoms with Crippen molar-refractivity contribution in [3.63, 3.8) is 0 Å². The molecule has 0 aliphatic carbocycles. The van der Waals surface area contributed by atoms with Crippen LogP contribution in [0.4, 0.5) is 0 Å². The number of amides is 1. The topological polar surface area (TPSA) is 90.9 Å². The molecule has 0 aromatic heterocycles. The van der Waals surface area contributed by atoms with Crippen molar-refractivity contribution in [3.05, 3.63) is 44.4 Å². The third kappa shape index (κ3) is 4.50. The largest absolute Gasteiger partial charge is 0.467 e. The fourth-order valence-corrected chi connectivity index (χ4v) is 4.91. The molecule has 148 valence electrons. The molecule has 0 fully saturated rings. The molecule has 0 saturated heterocycles. The molecule has 0 spiro atoms. The molecule has 0 radical (unpaired) electrons. The Bertz CT molecular complexity index is 857. The van der Waals surface area contributed by atoms with Crippen LogP contribution >= 0.6 is 35.3 Å². The normalized spacial score (nSPS) is 15.3. The Morgan fingerprint density at radius 3 is 2.61 bits per heavy atom. The maximum atomic E-state index is 13.2. The van der Waals surface area contributed by atoms with Crippen LogP contribution in [0.5, 0.6) is 11.5 Å². The Hall–Kier alpha value is -2.04. The van der Waals surface area contributed by atoms with Gasteiger partial charge in [-0.25, -0.2) is 4.79 Å². The van der Waals surface area contributed by atoms with Gasteiger partial charge in [0, 0.05) is 11.3 Å². The Morgan fingerprint density at radius 1 is 1.21 bits per heavy atom. The van der Waals surface area contributed by atoms with E-state index in [1.165, 1.54) is 42.4 Å². The van der Waals surface area contributed by atoms with Crippen LogP contribution in [-0.2, 0) is 14.3 Å². The van der Waals surface area contributed by atoms with E-state index in [1.807, 2.05) is 6.26 Å². The number of thioether (sulfide) groups is 3. The maximum absolute atomic E-state index is 13.2. The van der Waals surface area contributed by atoms with Gasteiger partial charge >= 0.3 is 5.97 Å². The number of ketones is 1. The highest BCUT2D eigenvalue weighted by Gasteiger charge is 2.30. The minimum atomic E-state index is -0.850. The van der Waals surface area contributed by atoms with Gasteiger partial charge in [-0.3, -0.25) is 9.59 Å². The number of esters is 1. The Labute approximate surface area is 174 Å². The Kier molecular flexibility index (Phi) is 6.97. The van der Waals surface area contributed by atoms with Crippen LogP contribution in [0.25, 0.3) is 0 Å². The lowest BCUT2D eigenvalue weighted by atomic mass is 10.0. The van der Waals surface area contributed by atoms with E-state index in [4.69, 9.17) is 14.2 Å². The molecule has 2 aliphatic heterocycles. The van der Waals surface area contributed by atoms with Crippen LogP contribution in [0.3, 0.4) is 0 Å². The highest BCUT2D eigenvalue weighted by Crippen LogP contribution is 2.41. The standard InChI is InChI=1S/C18H17NO6S3/c1-23-17(22)11(8-26-2)19-16(21)14(18-27-5-6-28-18)15(20)10-3-4-12-13(7-10)25-9-24-12/h3-7,11H,8-9H2,1-2H3,(H,19,21)/t11-/m0/s1. The molecule has 0 unspecified atom stereocenters. The van der Waals surface area contributed by atoms with Gasteiger partial charge in [0.1, 0.15) is 11.6 Å². The molecule has 2 aliphatic rings. The van der Waals surface area contributed by atoms with Gasteiger partial charge in [-0.1, -0.05) is 23.5 Å². The van der Waals surface area contributed by atoms with Crippen molar-refractivity contribution in [2.75, 3.05) is 25.9 Å². The number of hydrogen-bond acceptors (Lipinski definition) is 9. The Morgan fingerprint density at radius 2 is 1.93 bits per heavy atom. The fraction of sp³-hybridized carbons (Fsp3) is 0.278. The average molecular weight is 440 g/mol. The SMILES string of the molecule is COC(=O)[C@H](CSC)NC(=O)C(C(=O)c1ccc2c(c1)OCO2)=C1SC=CS1. The van der Waals surface area contributed by atoms with Gasteiger partial charge in [0.25, 0.3) is 5.91 Å². The second-order valence-corrected chi connectivity index (χ2v) is 8.57. The summed E-state index contributed by atoms with van der Waals surface area (Å²) in [5.74, 6) is -0.305. The van der Waals surface area contributed by atoms with Crippen molar-refractivity contribution in [1.29, 1.82) is 0 Å². The molecular formula is C18H17NO6S3. The van der Waals surface area contributed by atoms with Crippen LogP contribution in [0.2, 0.25) is 0 Å². The van der Waals surface area contributed by atoms with Crippen molar-refractivity contribution in [1.82, 2.24) is 5.32 Å². The summed E-state index contributed by atoms with van der Waals surface area (Å²) in [6, 6.07) is 3.92. The number of fused-ring (bicyclic) bond motifs is 1. The molecule has 1 aromatic rings. The number of methoxy groups -OCH3 is 1. The molecule has 28 heavy (non-hydrogen) atoms.